The van der Waals surface area contributed by atoms with Gasteiger partial charge < -0.3 is 21.5 Å². The van der Waals surface area contributed by atoms with E-state index >= 15 is 0 Å². The van der Waals surface area contributed by atoms with Gasteiger partial charge in [0.1, 0.15) is 6.04 Å². The van der Waals surface area contributed by atoms with Crippen molar-refractivity contribution in [3.05, 3.63) is 107 Å². The summed E-state index contributed by atoms with van der Waals surface area (Å²) in [5.74, 6) is -0.705. The Morgan fingerprint density at radius 3 is 2.27 bits per heavy atom. The fourth-order valence-electron chi connectivity index (χ4n) is 4.29. The number of thiophene rings is 1. The van der Waals surface area contributed by atoms with Gasteiger partial charge in [-0.25, -0.2) is 4.79 Å². The number of anilines is 2. The highest BCUT2D eigenvalue weighted by Gasteiger charge is 2.30. The molecular weight excluding hydrogens is 524 g/mol. The molecule has 5 N–H and O–H groups in total. The second kappa shape index (κ2) is 12.9. The maximum atomic E-state index is 13.1. The predicted octanol–water partition coefficient (Wildman–Crippen LogP) is 5.87. The molecule has 3 amide bonds. The Morgan fingerprint density at radius 2 is 1.65 bits per heavy atom. The van der Waals surface area contributed by atoms with Crippen LogP contribution in [0.1, 0.15) is 35.3 Å². The van der Waals surface area contributed by atoms with Crippen molar-refractivity contribution in [3.8, 4) is 10.4 Å². The molecule has 0 aliphatic rings. The molecule has 206 valence electrons. The Kier molecular flexibility index (Phi) is 9.19. The number of carbonyl (C=O) groups is 3. The Bertz CT molecular complexity index is 1450. The van der Waals surface area contributed by atoms with Gasteiger partial charge >= 0.3 is 6.09 Å². The van der Waals surface area contributed by atoms with Crippen LogP contribution in [0, 0.1) is 0 Å². The molecule has 0 fully saturated rings. The van der Waals surface area contributed by atoms with Gasteiger partial charge in [0.25, 0.3) is 5.91 Å². The largest absolute Gasteiger partial charge is 0.465 e. The summed E-state index contributed by atoms with van der Waals surface area (Å²) in [4.78, 5) is 40.6. The quantitative estimate of drug-likeness (QED) is 0.182. The lowest BCUT2D eigenvalue weighted by molar-refractivity contribution is -0.126. The molecule has 40 heavy (non-hydrogen) atoms. The maximum absolute atomic E-state index is 13.1. The molecule has 0 aliphatic carbocycles. The topological polar surface area (TPSA) is 125 Å². The lowest BCUT2D eigenvalue weighted by atomic mass is 10.0. The average molecular weight is 557 g/mol. The SMILES string of the molecule is CC(C)NC(=O)[C@H](Cc1ccc(C(=O)Nc2cc(-c3cccs3)ccc2N)cc1)N(Cc1ccccc1)C(=O)O. The summed E-state index contributed by atoms with van der Waals surface area (Å²) >= 11 is 1.60. The zero-order valence-electron chi connectivity index (χ0n) is 22.3. The van der Waals surface area contributed by atoms with E-state index in [2.05, 4.69) is 10.6 Å². The molecule has 4 aromatic rings. The minimum Gasteiger partial charge on any atom is -0.465 e. The molecule has 1 heterocycles. The van der Waals surface area contributed by atoms with Crippen LogP contribution in [0.2, 0.25) is 0 Å². The lowest BCUT2D eigenvalue weighted by Gasteiger charge is -2.29. The summed E-state index contributed by atoms with van der Waals surface area (Å²) in [5, 5.41) is 17.7. The first-order valence-electron chi connectivity index (χ1n) is 12.9. The van der Waals surface area contributed by atoms with E-state index in [1.54, 1.807) is 41.7 Å². The van der Waals surface area contributed by atoms with Crippen molar-refractivity contribution in [2.45, 2.75) is 38.9 Å². The summed E-state index contributed by atoms with van der Waals surface area (Å²) < 4.78 is 0. The van der Waals surface area contributed by atoms with E-state index in [9.17, 15) is 19.5 Å². The molecule has 0 radical (unpaired) electrons. The molecule has 0 unspecified atom stereocenters. The zero-order valence-corrected chi connectivity index (χ0v) is 23.2. The number of nitrogen functional groups attached to an aromatic ring is 1. The number of rotatable bonds is 10. The minimum atomic E-state index is -1.19. The molecule has 0 saturated heterocycles. The Hall–Kier alpha value is -4.63. The van der Waals surface area contributed by atoms with Gasteiger partial charge in [-0.2, -0.15) is 0 Å². The fourth-order valence-corrected chi connectivity index (χ4v) is 5.01. The van der Waals surface area contributed by atoms with Gasteiger partial charge in [0, 0.05) is 29.4 Å². The van der Waals surface area contributed by atoms with E-state index in [4.69, 9.17) is 5.73 Å². The second-order valence-electron chi connectivity index (χ2n) is 9.71. The first-order valence-corrected chi connectivity index (χ1v) is 13.8. The monoisotopic (exact) mass is 556 g/mol. The Balaban J connectivity index is 1.51. The van der Waals surface area contributed by atoms with E-state index in [0.29, 0.717) is 16.9 Å². The number of carbonyl (C=O) groups excluding carboxylic acids is 2. The van der Waals surface area contributed by atoms with Gasteiger partial charge in [-0.3, -0.25) is 14.5 Å². The van der Waals surface area contributed by atoms with E-state index in [-0.39, 0.29) is 30.8 Å². The highest BCUT2D eigenvalue weighted by Crippen LogP contribution is 2.30. The fraction of sp³-hybridized carbons (Fsp3) is 0.194. The van der Waals surface area contributed by atoms with Crippen LogP contribution < -0.4 is 16.4 Å². The summed E-state index contributed by atoms with van der Waals surface area (Å²) in [6, 6.07) is 24.3. The summed E-state index contributed by atoms with van der Waals surface area (Å²) in [6.07, 6.45) is -1.04. The first-order chi connectivity index (χ1) is 19.2. The van der Waals surface area contributed by atoms with Crippen molar-refractivity contribution in [1.29, 1.82) is 0 Å². The number of amides is 3. The third-order valence-electron chi connectivity index (χ3n) is 6.30. The molecule has 8 nitrogen and oxygen atoms in total. The first kappa shape index (κ1) is 28.4. The maximum Gasteiger partial charge on any atom is 0.408 e. The number of benzene rings is 3. The molecule has 3 aromatic carbocycles. The Morgan fingerprint density at radius 1 is 0.925 bits per heavy atom. The van der Waals surface area contributed by atoms with Gasteiger partial charge in [0.05, 0.1) is 11.4 Å². The van der Waals surface area contributed by atoms with E-state index in [1.807, 2.05) is 73.8 Å². The van der Waals surface area contributed by atoms with Crippen LogP contribution in [0.5, 0.6) is 0 Å². The summed E-state index contributed by atoms with van der Waals surface area (Å²) in [5.41, 5.74) is 9.96. The van der Waals surface area contributed by atoms with Crippen molar-refractivity contribution in [2.75, 3.05) is 11.1 Å². The summed E-state index contributed by atoms with van der Waals surface area (Å²) in [6.45, 7) is 3.72. The van der Waals surface area contributed by atoms with Crippen molar-refractivity contribution >= 4 is 40.6 Å². The number of hydrogen-bond acceptors (Lipinski definition) is 5. The van der Waals surface area contributed by atoms with Crippen molar-refractivity contribution < 1.29 is 19.5 Å². The van der Waals surface area contributed by atoms with E-state index < -0.39 is 12.1 Å². The number of hydrogen-bond donors (Lipinski definition) is 4. The minimum absolute atomic E-state index is 0.0683. The van der Waals surface area contributed by atoms with Gasteiger partial charge in [-0.05, 0) is 66.2 Å². The number of carboxylic acid groups (broad SMARTS) is 1. The third-order valence-corrected chi connectivity index (χ3v) is 7.22. The molecule has 0 aliphatic heterocycles. The van der Waals surface area contributed by atoms with Gasteiger partial charge in [0.15, 0.2) is 0 Å². The van der Waals surface area contributed by atoms with Crippen LogP contribution in [0.15, 0.2) is 90.3 Å². The third kappa shape index (κ3) is 7.27. The zero-order chi connectivity index (χ0) is 28.6. The van der Waals surface area contributed by atoms with Crippen LogP contribution >= 0.6 is 11.3 Å². The highest BCUT2D eigenvalue weighted by atomic mass is 32.1. The second-order valence-corrected chi connectivity index (χ2v) is 10.7. The van der Waals surface area contributed by atoms with E-state index in [1.165, 1.54) is 0 Å². The molecular formula is C31H32N4O4S. The molecule has 0 bridgehead atoms. The number of nitrogens with one attached hydrogen (secondary N) is 2. The average Bonchev–Trinajstić information content (AvgIpc) is 3.47. The molecule has 1 atom stereocenters. The smallest absolute Gasteiger partial charge is 0.408 e. The number of nitrogens with zero attached hydrogens (tertiary/aromatic N) is 1. The van der Waals surface area contributed by atoms with Crippen LogP contribution in [-0.2, 0) is 17.8 Å². The van der Waals surface area contributed by atoms with Crippen LogP contribution in [-0.4, -0.2) is 40.0 Å². The van der Waals surface area contributed by atoms with Gasteiger partial charge in [0.2, 0.25) is 5.91 Å². The number of nitrogens with two attached hydrogens (primary N) is 1. The highest BCUT2D eigenvalue weighted by molar-refractivity contribution is 7.13. The molecule has 0 saturated carbocycles. The van der Waals surface area contributed by atoms with Crippen molar-refractivity contribution in [2.24, 2.45) is 0 Å². The lowest BCUT2D eigenvalue weighted by Crippen LogP contribution is -2.51. The molecule has 4 rings (SSSR count). The Labute approximate surface area is 237 Å². The van der Waals surface area contributed by atoms with E-state index in [0.717, 1.165) is 26.5 Å². The van der Waals surface area contributed by atoms with Crippen LogP contribution in [0.25, 0.3) is 10.4 Å². The molecule has 9 heteroatoms. The van der Waals surface area contributed by atoms with Crippen LogP contribution in [0.4, 0.5) is 16.2 Å². The van der Waals surface area contributed by atoms with Crippen molar-refractivity contribution in [3.63, 3.8) is 0 Å². The van der Waals surface area contributed by atoms with Crippen LogP contribution in [0.3, 0.4) is 0 Å². The molecule has 1 aromatic heterocycles. The standard InChI is InChI=1S/C31H32N4O4S/c1-20(2)33-30(37)27(35(31(38)39)19-22-7-4-3-5-8-22)17-21-10-12-23(13-11-21)29(36)34-26-18-24(14-15-25(26)32)28-9-6-16-40-28/h3-16,18,20,27H,17,19,32H2,1-2H3,(H,33,37)(H,34,36)(H,38,39)/t27-/m0/s1. The van der Waals surface area contributed by atoms with Gasteiger partial charge in [-0.1, -0.05) is 54.6 Å². The summed E-state index contributed by atoms with van der Waals surface area (Å²) in [7, 11) is 0. The van der Waals surface area contributed by atoms with Crippen molar-refractivity contribution in [1.82, 2.24) is 10.2 Å². The van der Waals surface area contributed by atoms with Gasteiger partial charge in [-0.15, -0.1) is 11.3 Å². The molecule has 0 spiro atoms. The predicted molar refractivity (Wildman–Crippen MR) is 159 cm³/mol. The normalized spacial score (nSPS) is 11.6.